The van der Waals surface area contributed by atoms with Gasteiger partial charge >= 0.3 is 0 Å². The molecule has 1 amide bonds. The van der Waals surface area contributed by atoms with Crippen LogP contribution in [0.4, 0.5) is 0 Å². The number of morpholine rings is 1. The monoisotopic (exact) mass is 238 g/mol. The summed E-state index contributed by atoms with van der Waals surface area (Å²) in [4.78, 5) is 13.7. The van der Waals surface area contributed by atoms with E-state index in [0.29, 0.717) is 19.7 Å². The van der Waals surface area contributed by atoms with Crippen molar-refractivity contribution in [3.63, 3.8) is 0 Å². The highest BCUT2D eigenvalue weighted by Gasteiger charge is 2.25. The first-order valence-corrected chi connectivity index (χ1v) is 5.79. The van der Waals surface area contributed by atoms with E-state index >= 15 is 0 Å². The van der Waals surface area contributed by atoms with Gasteiger partial charge in [-0.3, -0.25) is 4.79 Å². The number of hydrogen-bond acceptors (Lipinski definition) is 4. The summed E-state index contributed by atoms with van der Waals surface area (Å²) in [6, 6.07) is 3.78. The van der Waals surface area contributed by atoms with E-state index in [1.165, 1.54) is 0 Å². The average molecular weight is 238 g/mol. The summed E-state index contributed by atoms with van der Waals surface area (Å²) in [5.41, 5.74) is 0. The maximum Gasteiger partial charge on any atom is 0.253 e. The van der Waals surface area contributed by atoms with E-state index in [-0.39, 0.29) is 12.0 Å². The Hall–Kier alpha value is -1.33. The first-order chi connectivity index (χ1) is 8.16. The smallest absolute Gasteiger partial charge is 0.253 e. The van der Waals surface area contributed by atoms with Crippen LogP contribution in [0.25, 0.3) is 0 Å². The number of aryl methyl sites for hydroxylation is 1. The molecular formula is C12H18N2O3. The summed E-state index contributed by atoms with van der Waals surface area (Å²) in [5, 5.41) is 3.14. The van der Waals surface area contributed by atoms with Crippen molar-refractivity contribution in [2.45, 2.75) is 19.6 Å². The van der Waals surface area contributed by atoms with Crippen LogP contribution in [0, 0.1) is 6.92 Å². The molecule has 0 radical (unpaired) electrons. The van der Waals surface area contributed by atoms with Gasteiger partial charge in [0.1, 0.15) is 17.6 Å². The second-order valence-electron chi connectivity index (χ2n) is 4.27. The van der Waals surface area contributed by atoms with Crippen LogP contribution < -0.4 is 5.32 Å². The Bertz CT molecular complexity index is 383. The third kappa shape index (κ3) is 3.08. The zero-order chi connectivity index (χ0) is 12.3. The molecule has 1 aromatic rings. The molecule has 2 heterocycles. The van der Waals surface area contributed by atoms with Gasteiger partial charge in [-0.15, -0.1) is 0 Å². The number of likely N-dealkylation sites (N-methyl/N-ethyl adjacent to an activating group) is 1. The number of furan rings is 1. The summed E-state index contributed by atoms with van der Waals surface area (Å²) < 4.78 is 10.9. The van der Waals surface area contributed by atoms with Crippen LogP contribution in [-0.2, 0) is 16.1 Å². The second-order valence-corrected chi connectivity index (χ2v) is 4.27. The lowest BCUT2D eigenvalue weighted by atomic mass is 10.2. The van der Waals surface area contributed by atoms with Gasteiger partial charge < -0.3 is 19.4 Å². The fraction of sp³-hybridized carbons (Fsp3) is 0.583. The molecule has 0 aliphatic carbocycles. The number of nitrogens with one attached hydrogen (secondary N) is 1. The molecule has 1 atom stereocenters. The highest BCUT2D eigenvalue weighted by molar-refractivity contribution is 5.81. The fourth-order valence-electron chi connectivity index (χ4n) is 1.85. The maximum absolute atomic E-state index is 12.0. The summed E-state index contributed by atoms with van der Waals surface area (Å²) >= 11 is 0. The van der Waals surface area contributed by atoms with Gasteiger partial charge in [-0.1, -0.05) is 0 Å². The third-order valence-electron chi connectivity index (χ3n) is 2.77. The molecule has 0 bridgehead atoms. The van der Waals surface area contributed by atoms with Crippen LogP contribution in [0.15, 0.2) is 16.5 Å². The van der Waals surface area contributed by atoms with Crippen LogP contribution in [0.2, 0.25) is 0 Å². The molecule has 94 valence electrons. The minimum Gasteiger partial charge on any atom is -0.464 e. The van der Waals surface area contributed by atoms with Crippen LogP contribution in [0.3, 0.4) is 0 Å². The number of carbonyl (C=O) groups excluding carboxylic acids is 1. The molecule has 0 saturated carbocycles. The first kappa shape index (κ1) is 12.1. The van der Waals surface area contributed by atoms with Gasteiger partial charge in [-0.2, -0.15) is 0 Å². The lowest BCUT2D eigenvalue weighted by molar-refractivity contribution is -0.144. The molecule has 0 aromatic carbocycles. The van der Waals surface area contributed by atoms with E-state index in [1.807, 2.05) is 19.1 Å². The molecule has 1 aliphatic heterocycles. The van der Waals surface area contributed by atoms with Gasteiger partial charge in [-0.05, 0) is 19.1 Å². The van der Waals surface area contributed by atoms with Crippen molar-refractivity contribution >= 4 is 5.91 Å². The molecule has 2 rings (SSSR count). The standard InChI is InChI=1S/C12H18N2O3/c1-9-3-4-10(17-9)8-14(2)12(15)11-7-13-5-6-16-11/h3-4,11,13H,5-8H2,1-2H3/t11-/m1/s1. The lowest BCUT2D eigenvalue weighted by Gasteiger charge is -2.26. The third-order valence-corrected chi connectivity index (χ3v) is 2.77. The zero-order valence-corrected chi connectivity index (χ0v) is 10.2. The lowest BCUT2D eigenvalue weighted by Crippen LogP contribution is -2.48. The van der Waals surface area contributed by atoms with Crippen molar-refractivity contribution in [2.75, 3.05) is 26.7 Å². The normalized spacial score (nSPS) is 20.2. The molecule has 5 nitrogen and oxygen atoms in total. The highest BCUT2D eigenvalue weighted by Crippen LogP contribution is 2.10. The van der Waals surface area contributed by atoms with E-state index in [1.54, 1.807) is 11.9 Å². The Morgan fingerprint density at radius 2 is 2.41 bits per heavy atom. The van der Waals surface area contributed by atoms with Crippen molar-refractivity contribution < 1.29 is 13.9 Å². The molecular weight excluding hydrogens is 220 g/mol. The van der Waals surface area contributed by atoms with Gasteiger partial charge in [0, 0.05) is 20.1 Å². The van der Waals surface area contributed by atoms with E-state index in [0.717, 1.165) is 18.1 Å². The second kappa shape index (κ2) is 5.33. The Balaban J connectivity index is 1.90. The van der Waals surface area contributed by atoms with Gasteiger partial charge in [0.05, 0.1) is 13.2 Å². The van der Waals surface area contributed by atoms with Gasteiger partial charge in [-0.25, -0.2) is 0 Å². The van der Waals surface area contributed by atoms with E-state index in [9.17, 15) is 4.79 Å². The number of rotatable bonds is 3. The predicted molar refractivity (Wildman–Crippen MR) is 62.5 cm³/mol. The van der Waals surface area contributed by atoms with Crippen molar-refractivity contribution in [1.29, 1.82) is 0 Å². The predicted octanol–water partition coefficient (Wildman–Crippen LogP) is 0.535. The van der Waals surface area contributed by atoms with Crippen molar-refractivity contribution in [3.05, 3.63) is 23.7 Å². The number of ether oxygens (including phenoxy) is 1. The van der Waals surface area contributed by atoms with Crippen molar-refractivity contribution in [3.8, 4) is 0 Å². The minimum atomic E-state index is -0.371. The molecule has 1 fully saturated rings. The molecule has 0 unspecified atom stereocenters. The van der Waals surface area contributed by atoms with Gasteiger partial charge in [0.15, 0.2) is 0 Å². The number of nitrogens with zero attached hydrogens (tertiary/aromatic N) is 1. The Morgan fingerprint density at radius 3 is 3.00 bits per heavy atom. The minimum absolute atomic E-state index is 0.00810. The van der Waals surface area contributed by atoms with E-state index < -0.39 is 0 Å². The quantitative estimate of drug-likeness (QED) is 0.835. The SMILES string of the molecule is Cc1ccc(CN(C)C(=O)[C@H]2CNCCO2)o1. The van der Waals surface area contributed by atoms with Crippen molar-refractivity contribution in [1.82, 2.24) is 10.2 Å². The van der Waals surface area contributed by atoms with E-state index in [4.69, 9.17) is 9.15 Å². The summed E-state index contributed by atoms with van der Waals surface area (Å²) in [7, 11) is 1.76. The molecule has 1 aliphatic rings. The van der Waals surface area contributed by atoms with Crippen molar-refractivity contribution in [2.24, 2.45) is 0 Å². The largest absolute Gasteiger partial charge is 0.464 e. The van der Waals surface area contributed by atoms with Crippen LogP contribution in [-0.4, -0.2) is 43.7 Å². The summed E-state index contributed by atoms with van der Waals surface area (Å²) in [6.45, 7) is 4.35. The zero-order valence-electron chi connectivity index (χ0n) is 10.2. The van der Waals surface area contributed by atoms with Crippen LogP contribution in [0.1, 0.15) is 11.5 Å². The fourth-order valence-corrected chi connectivity index (χ4v) is 1.85. The highest BCUT2D eigenvalue weighted by atomic mass is 16.5. The molecule has 0 spiro atoms. The van der Waals surface area contributed by atoms with E-state index in [2.05, 4.69) is 5.32 Å². The Labute approximate surface area is 101 Å². The first-order valence-electron chi connectivity index (χ1n) is 5.79. The molecule has 1 saturated heterocycles. The summed E-state index contributed by atoms with van der Waals surface area (Å²) in [5.74, 6) is 1.64. The number of carbonyl (C=O) groups is 1. The van der Waals surface area contributed by atoms with Crippen LogP contribution >= 0.6 is 0 Å². The average Bonchev–Trinajstić information content (AvgIpc) is 2.75. The molecule has 1 aromatic heterocycles. The Kier molecular flexibility index (Phi) is 3.81. The number of amides is 1. The van der Waals surface area contributed by atoms with Crippen LogP contribution in [0.5, 0.6) is 0 Å². The number of hydrogen-bond donors (Lipinski definition) is 1. The van der Waals surface area contributed by atoms with Gasteiger partial charge in [0.2, 0.25) is 0 Å². The van der Waals surface area contributed by atoms with Gasteiger partial charge in [0.25, 0.3) is 5.91 Å². The maximum atomic E-state index is 12.0. The summed E-state index contributed by atoms with van der Waals surface area (Å²) in [6.07, 6.45) is -0.371. The topological polar surface area (TPSA) is 54.7 Å². The molecule has 5 heteroatoms. The Morgan fingerprint density at radius 1 is 1.59 bits per heavy atom. The molecule has 17 heavy (non-hydrogen) atoms. The molecule has 1 N–H and O–H groups in total.